The number of hydrogen-bond donors (Lipinski definition) is 0. The summed E-state index contributed by atoms with van der Waals surface area (Å²) >= 11 is 0. The van der Waals surface area contributed by atoms with Crippen molar-refractivity contribution in [3.63, 3.8) is 0 Å². The average molecular weight is 220 g/mol. The number of hydrogen-bond acceptors (Lipinski definition) is 0. The van der Waals surface area contributed by atoms with Crippen molar-refractivity contribution < 1.29 is 0 Å². The van der Waals surface area contributed by atoms with Gasteiger partial charge in [0.05, 0.1) is 0 Å². The van der Waals surface area contributed by atoms with E-state index < -0.39 is 0 Å². The molecule has 1 rings (SSSR count). The van der Waals surface area contributed by atoms with Crippen molar-refractivity contribution in [1.29, 1.82) is 0 Å². The third kappa shape index (κ3) is 5.53. The van der Waals surface area contributed by atoms with Crippen molar-refractivity contribution in [1.82, 2.24) is 0 Å². The van der Waals surface area contributed by atoms with E-state index in [-0.39, 0.29) is 0 Å². The predicted octanol–water partition coefficient (Wildman–Crippen LogP) is 5.51. The first-order valence-corrected chi connectivity index (χ1v) is 7.16. The van der Waals surface area contributed by atoms with Crippen LogP contribution in [0, 0.1) is 11.8 Å². The van der Waals surface area contributed by atoms with E-state index in [1.54, 1.807) is 0 Å². The molecule has 0 atom stereocenters. The summed E-state index contributed by atoms with van der Waals surface area (Å²) in [7, 11) is 0. The first kappa shape index (κ1) is 13.5. The third-order valence-corrected chi connectivity index (χ3v) is 3.66. The van der Waals surface area contributed by atoms with Crippen LogP contribution in [0.3, 0.4) is 0 Å². The third-order valence-electron chi connectivity index (χ3n) is 3.66. The molecule has 1 fully saturated rings. The zero-order valence-corrected chi connectivity index (χ0v) is 11.1. The molecule has 0 heterocycles. The SMILES string of the molecule is C/C=C/C1CCC(/C=C/CCCCC)CC1. The molecular weight excluding hydrogens is 192 g/mol. The second kappa shape index (κ2) is 8.61. The van der Waals surface area contributed by atoms with E-state index in [1.165, 1.54) is 51.4 Å². The Morgan fingerprint density at radius 3 is 2.12 bits per heavy atom. The number of unbranched alkanes of at least 4 members (excludes halogenated alkanes) is 3. The first-order chi connectivity index (χ1) is 7.86. The van der Waals surface area contributed by atoms with Gasteiger partial charge in [-0.2, -0.15) is 0 Å². The molecule has 0 aliphatic heterocycles. The molecule has 0 unspecified atom stereocenters. The molecule has 0 nitrogen and oxygen atoms in total. The lowest BCUT2D eigenvalue weighted by Crippen LogP contribution is -2.11. The van der Waals surface area contributed by atoms with E-state index in [0.29, 0.717) is 0 Å². The highest BCUT2D eigenvalue weighted by Gasteiger charge is 2.16. The van der Waals surface area contributed by atoms with Crippen LogP contribution in [0.5, 0.6) is 0 Å². The van der Waals surface area contributed by atoms with Crippen LogP contribution in [0.2, 0.25) is 0 Å². The van der Waals surface area contributed by atoms with Crippen LogP contribution in [0.15, 0.2) is 24.3 Å². The Labute approximate surface area is 102 Å². The van der Waals surface area contributed by atoms with Crippen molar-refractivity contribution >= 4 is 0 Å². The standard InChI is InChI=1S/C16H28/c1-3-5-6-7-8-10-16-13-11-15(9-4-2)12-14-16/h4,8-10,15-16H,3,5-7,11-14H2,1-2H3/b9-4+,10-8+. The van der Waals surface area contributed by atoms with Crippen molar-refractivity contribution in [2.24, 2.45) is 11.8 Å². The Hall–Kier alpha value is -0.520. The summed E-state index contributed by atoms with van der Waals surface area (Å²) in [6, 6.07) is 0. The van der Waals surface area contributed by atoms with Crippen molar-refractivity contribution in [2.75, 3.05) is 0 Å². The van der Waals surface area contributed by atoms with Crippen LogP contribution in [-0.2, 0) is 0 Å². The molecule has 0 aromatic carbocycles. The van der Waals surface area contributed by atoms with E-state index in [2.05, 4.69) is 38.2 Å². The molecular formula is C16H28. The summed E-state index contributed by atoms with van der Waals surface area (Å²) < 4.78 is 0. The Bertz CT molecular complexity index is 204. The highest BCUT2D eigenvalue weighted by molar-refractivity contribution is 4.95. The number of rotatable bonds is 6. The number of allylic oxidation sites excluding steroid dienone is 4. The van der Waals surface area contributed by atoms with Crippen molar-refractivity contribution in [3.8, 4) is 0 Å². The molecule has 0 radical (unpaired) electrons. The maximum Gasteiger partial charge on any atom is -0.0233 e. The van der Waals surface area contributed by atoms with E-state index >= 15 is 0 Å². The quantitative estimate of drug-likeness (QED) is 0.409. The van der Waals surface area contributed by atoms with Gasteiger partial charge in [0.1, 0.15) is 0 Å². The van der Waals surface area contributed by atoms with Gasteiger partial charge in [0, 0.05) is 0 Å². The van der Waals surface area contributed by atoms with E-state index in [1.807, 2.05) is 0 Å². The summed E-state index contributed by atoms with van der Waals surface area (Å²) in [5.74, 6) is 1.75. The molecule has 16 heavy (non-hydrogen) atoms. The van der Waals surface area contributed by atoms with Crippen LogP contribution in [0.1, 0.15) is 65.2 Å². The Morgan fingerprint density at radius 1 is 0.938 bits per heavy atom. The lowest BCUT2D eigenvalue weighted by atomic mass is 9.81. The predicted molar refractivity (Wildman–Crippen MR) is 73.5 cm³/mol. The van der Waals surface area contributed by atoms with E-state index in [9.17, 15) is 0 Å². The normalized spacial score (nSPS) is 26.9. The van der Waals surface area contributed by atoms with E-state index in [0.717, 1.165) is 11.8 Å². The minimum atomic E-state index is 0.870. The van der Waals surface area contributed by atoms with Gasteiger partial charge in [-0.1, -0.05) is 44.1 Å². The largest absolute Gasteiger partial charge is 0.0914 e. The molecule has 1 aliphatic carbocycles. The van der Waals surface area contributed by atoms with Crippen LogP contribution in [-0.4, -0.2) is 0 Å². The second-order valence-corrected chi connectivity index (χ2v) is 5.12. The Balaban J connectivity index is 2.11. The second-order valence-electron chi connectivity index (χ2n) is 5.12. The molecule has 0 amide bonds. The van der Waals surface area contributed by atoms with Crippen LogP contribution in [0.25, 0.3) is 0 Å². The van der Waals surface area contributed by atoms with Gasteiger partial charge in [-0.25, -0.2) is 0 Å². The highest BCUT2D eigenvalue weighted by atomic mass is 14.2. The van der Waals surface area contributed by atoms with Crippen molar-refractivity contribution in [2.45, 2.75) is 65.2 Å². The lowest BCUT2D eigenvalue weighted by molar-refractivity contribution is 0.356. The molecule has 1 saturated carbocycles. The first-order valence-electron chi connectivity index (χ1n) is 7.16. The topological polar surface area (TPSA) is 0 Å². The van der Waals surface area contributed by atoms with Gasteiger partial charge in [-0.3, -0.25) is 0 Å². The molecule has 0 bridgehead atoms. The fourth-order valence-corrected chi connectivity index (χ4v) is 2.60. The van der Waals surface area contributed by atoms with Crippen LogP contribution in [0.4, 0.5) is 0 Å². The van der Waals surface area contributed by atoms with Gasteiger partial charge in [0.25, 0.3) is 0 Å². The fraction of sp³-hybridized carbons (Fsp3) is 0.750. The van der Waals surface area contributed by atoms with Gasteiger partial charge in [0.15, 0.2) is 0 Å². The summed E-state index contributed by atoms with van der Waals surface area (Å²) in [5, 5.41) is 0. The van der Waals surface area contributed by atoms with Gasteiger partial charge in [-0.05, 0) is 57.3 Å². The fourth-order valence-electron chi connectivity index (χ4n) is 2.60. The lowest BCUT2D eigenvalue weighted by Gasteiger charge is -2.24. The highest BCUT2D eigenvalue weighted by Crippen LogP contribution is 2.30. The summed E-state index contributed by atoms with van der Waals surface area (Å²) in [5.41, 5.74) is 0. The van der Waals surface area contributed by atoms with E-state index in [4.69, 9.17) is 0 Å². The summed E-state index contributed by atoms with van der Waals surface area (Å²) in [6.07, 6.45) is 20.5. The zero-order valence-electron chi connectivity index (χ0n) is 11.1. The summed E-state index contributed by atoms with van der Waals surface area (Å²) in [6.45, 7) is 4.41. The zero-order chi connectivity index (χ0) is 11.6. The van der Waals surface area contributed by atoms with Gasteiger partial charge in [0.2, 0.25) is 0 Å². The smallest absolute Gasteiger partial charge is 0.0233 e. The molecule has 92 valence electrons. The molecule has 0 spiro atoms. The molecule has 0 saturated heterocycles. The Kier molecular flexibility index (Phi) is 7.29. The van der Waals surface area contributed by atoms with Crippen molar-refractivity contribution in [3.05, 3.63) is 24.3 Å². The molecule has 0 N–H and O–H groups in total. The maximum absolute atomic E-state index is 2.49. The Morgan fingerprint density at radius 2 is 1.56 bits per heavy atom. The average Bonchev–Trinajstić information content (AvgIpc) is 2.31. The van der Waals surface area contributed by atoms with Gasteiger partial charge >= 0.3 is 0 Å². The minimum Gasteiger partial charge on any atom is -0.0914 e. The monoisotopic (exact) mass is 220 g/mol. The maximum atomic E-state index is 2.49. The molecule has 0 aromatic rings. The van der Waals surface area contributed by atoms with Crippen LogP contribution >= 0.6 is 0 Å². The molecule has 0 aromatic heterocycles. The van der Waals surface area contributed by atoms with Gasteiger partial charge < -0.3 is 0 Å². The molecule has 0 heteroatoms. The molecule has 1 aliphatic rings. The van der Waals surface area contributed by atoms with Gasteiger partial charge in [-0.15, -0.1) is 0 Å². The summed E-state index contributed by atoms with van der Waals surface area (Å²) in [4.78, 5) is 0. The minimum absolute atomic E-state index is 0.870. The van der Waals surface area contributed by atoms with Crippen LogP contribution < -0.4 is 0 Å².